The lowest BCUT2D eigenvalue weighted by Crippen LogP contribution is -2.41. The van der Waals surface area contributed by atoms with Crippen molar-refractivity contribution in [3.8, 4) is 0 Å². The minimum atomic E-state index is -4.04. The molecule has 3 aromatic rings. The molecule has 0 aliphatic carbocycles. The topological polar surface area (TPSA) is 92.8 Å². The number of fused-ring (bicyclic) bond motifs is 1. The van der Waals surface area contributed by atoms with Crippen LogP contribution in [0.5, 0.6) is 0 Å². The molecule has 188 valence electrons. The van der Waals surface area contributed by atoms with Crippen LogP contribution < -0.4 is 5.32 Å². The fourth-order valence-corrected chi connectivity index (χ4v) is 6.19. The smallest absolute Gasteiger partial charge is 0.308 e. The lowest BCUT2D eigenvalue weighted by molar-refractivity contribution is -0.148. The molecule has 3 aromatic carbocycles. The molecule has 1 aliphatic heterocycles. The van der Waals surface area contributed by atoms with Crippen molar-refractivity contribution in [3.63, 3.8) is 0 Å². The molecule has 1 unspecified atom stereocenters. The number of amides is 1. The summed E-state index contributed by atoms with van der Waals surface area (Å²) in [7, 11) is -4.04. The number of esters is 1. The normalized spacial score (nSPS) is 15.7. The summed E-state index contributed by atoms with van der Waals surface area (Å²) in [6.07, 6.45) is 0.139. The van der Waals surface area contributed by atoms with Gasteiger partial charge in [-0.2, -0.15) is 4.31 Å². The summed E-state index contributed by atoms with van der Waals surface area (Å²) in [5.74, 6) is -1.92. The molecule has 1 amide bonds. The first-order chi connectivity index (χ1) is 17.1. The molecular weight excluding hydrogens is 530 g/mol. The van der Waals surface area contributed by atoms with Gasteiger partial charge in [-0.05, 0) is 60.0 Å². The molecule has 36 heavy (non-hydrogen) atoms. The van der Waals surface area contributed by atoms with Gasteiger partial charge in [0.25, 0.3) is 5.91 Å². The number of rotatable bonds is 7. The van der Waals surface area contributed by atoms with Crippen LogP contribution in [-0.4, -0.2) is 37.8 Å². The van der Waals surface area contributed by atoms with Crippen LogP contribution in [0.2, 0.25) is 10.0 Å². The van der Waals surface area contributed by atoms with Gasteiger partial charge in [-0.3, -0.25) is 9.59 Å². The second-order valence-electron chi connectivity index (χ2n) is 8.11. The van der Waals surface area contributed by atoms with Crippen LogP contribution in [-0.2, 0) is 30.8 Å². The van der Waals surface area contributed by atoms with Crippen molar-refractivity contribution in [3.05, 3.63) is 93.7 Å². The summed E-state index contributed by atoms with van der Waals surface area (Å²) in [6.45, 7) is -0.452. The van der Waals surface area contributed by atoms with Crippen molar-refractivity contribution >= 4 is 50.8 Å². The highest BCUT2D eigenvalue weighted by Gasteiger charge is 2.37. The van der Waals surface area contributed by atoms with Crippen molar-refractivity contribution in [2.45, 2.75) is 23.8 Å². The van der Waals surface area contributed by atoms with E-state index in [1.54, 1.807) is 12.1 Å². The molecule has 4 rings (SSSR count). The predicted octanol–water partition coefficient (Wildman–Crippen LogP) is 4.99. The van der Waals surface area contributed by atoms with Crippen LogP contribution in [0.4, 0.5) is 10.1 Å². The van der Waals surface area contributed by atoms with E-state index in [0.29, 0.717) is 27.7 Å². The van der Waals surface area contributed by atoms with E-state index in [1.165, 1.54) is 34.6 Å². The van der Waals surface area contributed by atoms with Gasteiger partial charge in [0.1, 0.15) is 5.82 Å². The average Bonchev–Trinajstić information content (AvgIpc) is 2.82. The minimum Gasteiger partial charge on any atom is -0.456 e. The molecule has 1 atom stereocenters. The lowest BCUT2D eigenvalue weighted by Gasteiger charge is -2.36. The van der Waals surface area contributed by atoms with Crippen molar-refractivity contribution in [2.24, 2.45) is 0 Å². The molecule has 0 aromatic heterocycles. The van der Waals surface area contributed by atoms with Gasteiger partial charge in [-0.1, -0.05) is 47.5 Å². The third kappa shape index (κ3) is 6.04. The van der Waals surface area contributed by atoms with Crippen LogP contribution in [0.15, 0.2) is 71.6 Å². The molecule has 0 saturated carbocycles. The Morgan fingerprint density at radius 2 is 1.69 bits per heavy atom. The summed E-state index contributed by atoms with van der Waals surface area (Å²) >= 11 is 11.8. The number of hydrogen-bond acceptors (Lipinski definition) is 5. The fraction of sp³-hybridized carbons (Fsp3) is 0.200. The molecular formula is C25H21Cl2FN2O5S. The van der Waals surface area contributed by atoms with Crippen LogP contribution >= 0.6 is 23.2 Å². The van der Waals surface area contributed by atoms with E-state index in [9.17, 15) is 22.4 Å². The maximum absolute atomic E-state index is 13.4. The Morgan fingerprint density at radius 1 is 1.03 bits per heavy atom. The van der Waals surface area contributed by atoms with Gasteiger partial charge in [0.05, 0.1) is 17.4 Å². The number of nitrogens with zero attached hydrogens (tertiary/aromatic N) is 1. The molecule has 1 aliphatic rings. The average molecular weight is 551 g/mol. The number of sulfonamides is 1. The van der Waals surface area contributed by atoms with Crippen LogP contribution in [0.3, 0.4) is 0 Å². The van der Waals surface area contributed by atoms with E-state index >= 15 is 0 Å². The summed E-state index contributed by atoms with van der Waals surface area (Å²) < 4.78 is 46.5. The summed E-state index contributed by atoms with van der Waals surface area (Å²) in [5.41, 5.74) is 1.92. The Labute approximate surface area is 217 Å². The Kier molecular flexibility index (Phi) is 7.94. The van der Waals surface area contributed by atoms with Gasteiger partial charge in [0.2, 0.25) is 10.0 Å². The van der Waals surface area contributed by atoms with Gasteiger partial charge in [0.15, 0.2) is 6.61 Å². The van der Waals surface area contributed by atoms with Gasteiger partial charge in [-0.15, -0.1) is 0 Å². The number of halogens is 3. The van der Waals surface area contributed by atoms with E-state index < -0.39 is 40.4 Å². The second-order valence-corrected chi connectivity index (χ2v) is 10.9. The van der Waals surface area contributed by atoms with E-state index in [-0.39, 0.29) is 17.9 Å². The third-order valence-electron chi connectivity index (χ3n) is 5.65. The SMILES string of the molecule is O=C(COC(=O)CC1c2ccccc2CCN1S(=O)(=O)c1ccc(F)cc1)Nc1cc(Cl)cc(Cl)c1. The minimum absolute atomic E-state index is 0.0822. The number of carbonyl (C=O) groups is 2. The number of anilines is 1. The largest absolute Gasteiger partial charge is 0.456 e. The van der Waals surface area contributed by atoms with Gasteiger partial charge in [-0.25, -0.2) is 12.8 Å². The number of ether oxygens (including phenoxy) is 1. The molecule has 7 nitrogen and oxygen atoms in total. The molecule has 0 saturated heterocycles. The summed E-state index contributed by atoms with van der Waals surface area (Å²) in [6, 6.07) is 15.4. The number of benzene rings is 3. The quantitative estimate of drug-likeness (QED) is 0.418. The first kappa shape index (κ1) is 26.1. The first-order valence-corrected chi connectivity index (χ1v) is 13.1. The maximum atomic E-state index is 13.4. The molecule has 0 spiro atoms. The van der Waals surface area contributed by atoms with Crippen LogP contribution in [0, 0.1) is 5.82 Å². The molecule has 1 N–H and O–H groups in total. The summed E-state index contributed by atoms with van der Waals surface area (Å²) in [4.78, 5) is 24.9. The Balaban J connectivity index is 1.49. The maximum Gasteiger partial charge on any atom is 0.308 e. The van der Waals surface area contributed by atoms with E-state index in [2.05, 4.69) is 5.32 Å². The fourth-order valence-electron chi connectivity index (χ4n) is 4.06. The lowest BCUT2D eigenvalue weighted by atomic mass is 9.92. The van der Waals surface area contributed by atoms with Crippen molar-refractivity contribution in [1.29, 1.82) is 0 Å². The highest BCUT2D eigenvalue weighted by Crippen LogP contribution is 2.36. The van der Waals surface area contributed by atoms with Crippen LogP contribution in [0.25, 0.3) is 0 Å². The number of carbonyl (C=O) groups excluding carboxylic acids is 2. The molecule has 0 radical (unpaired) electrons. The predicted molar refractivity (Wildman–Crippen MR) is 134 cm³/mol. The highest BCUT2D eigenvalue weighted by molar-refractivity contribution is 7.89. The van der Waals surface area contributed by atoms with E-state index in [1.807, 2.05) is 12.1 Å². The second kappa shape index (κ2) is 11.0. The van der Waals surface area contributed by atoms with E-state index in [0.717, 1.165) is 17.7 Å². The van der Waals surface area contributed by atoms with E-state index in [4.69, 9.17) is 27.9 Å². The monoisotopic (exact) mass is 550 g/mol. The Hall–Kier alpha value is -2.98. The van der Waals surface area contributed by atoms with Crippen molar-refractivity contribution in [1.82, 2.24) is 4.31 Å². The molecule has 1 heterocycles. The zero-order chi connectivity index (χ0) is 25.9. The first-order valence-electron chi connectivity index (χ1n) is 10.9. The molecule has 0 fully saturated rings. The molecule has 0 bridgehead atoms. The van der Waals surface area contributed by atoms with Gasteiger partial charge < -0.3 is 10.1 Å². The van der Waals surface area contributed by atoms with Crippen molar-refractivity contribution in [2.75, 3.05) is 18.5 Å². The van der Waals surface area contributed by atoms with Gasteiger partial charge in [0, 0.05) is 22.3 Å². The number of nitrogens with one attached hydrogen (secondary N) is 1. The Bertz CT molecular complexity index is 1380. The third-order valence-corrected chi connectivity index (χ3v) is 8.01. The van der Waals surface area contributed by atoms with Gasteiger partial charge >= 0.3 is 5.97 Å². The molecule has 11 heteroatoms. The standard InChI is InChI=1S/C25H21Cl2FN2O5S/c26-17-11-18(27)13-20(12-17)29-24(31)15-35-25(32)14-23-22-4-2-1-3-16(22)9-10-30(23)36(33,34)21-7-5-19(28)6-8-21/h1-8,11-13,23H,9-10,14-15H2,(H,29,31). The zero-order valence-electron chi connectivity index (χ0n) is 18.8. The number of hydrogen-bond donors (Lipinski definition) is 1. The Morgan fingerprint density at radius 3 is 2.39 bits per heavy atom. The summed E-state index contributed by atoms with van der Waals surface area (Å²) in [5, 5.41) is 3.19. The highest BCUT2D eigenvalue weighted by atomic mass is 35.5. The zero-order valence-corrected chi connectivity index (χ0v) is 21.1. The van der Waals surface area contributed by atoms with Crippen molar-refractivity contribution < 1.29 is 27.1 Å². The van der Waals surface area contributed by atoms with Crippen LogP contribution in [0.1, 0.15) is 23.6 Å².